The molecule has 3 N–H and O–H groups in total. The highest BCUT2D eigenvalue weighted by atomic mass is 16.5. The van der Waals surface area contributed by atoms with Crippen molar-refractivity contribution in [3.05, 3.63) is 41.5 Å². The molecule has 1 aromatic rings. The molecule has 6 heterocycles. The third kappa shape index (κ3) is 3.88. The second kappa shape index (κ2) is 11.1. The number of anilines is 1. The van der Waals surface area contributed by atoms with E-state index in [9.17, 15) is 24.9 Å². The van der Waals surface area contributed by atoms with Crippen molar-refractivity contribution in [3.63, 3.8) is 0 Å². The Hall–Kier alpha value is -2.46. The molecule has 0 unspecified atom stereocenters. The number of hydrogen-bond donors (Lipinski definition) is 3. The van der Waals surface area contributed by atoms with Gasteiger partial charge < -0.3 is 29.7 Å². The first kappa shape index (κ1) is 34.8. The summed E-state index contributed by atoms with van der Waals surface area (Å²) in [5.41, 5.74) is 2.28. The van der Waals surface area contributed by atoms with Gasteiger partial charge in [0.25, 0.3) is 0 Å². The lowest BCUT2D eigenvalue weighted by Crippen LogP contribution is -2.83. The lowest BCUT2D eigenvalue weighted by atomic mass is 9.43. The number of fused-ring (bicyclic) bond motifs is 7. The molecule has 11 aliphatic rings. The maximum Gasteiger partial charge on any atom is 0.362 e. The molecule has 1 spiro atoms. The van der Waals surface area contributed by atoms with Gasteiger partial charge >= 0.3 is 11.9 Å². The van der Waals surface area contributed by atoms with Gasteiger partial charge in [-0.2, -0.15) is 0 Å². The SMILES string of the molecule is CC[C@H]1[C@@H]2C[C@H]3[C@@H]4N(C)c5ccccc5[C@@]45C[C@@H]([C@H]2[C@@H]5O)[N@+]3(CC(=O)O[C@H]2CC[C@@]3(C)[C@@H](CC[C@@H]4[C@@H]3CC[C@]3(C)[C@@H](C5=CC(=O)OC5)CC[C@]43O)C2)[C@@H]1O. The summed E-state index contributed by atoms with van der Waals surface area (Å²) < 4.78 is 12.3. The van der Waals surface area contributed by atoms with Crippen LogP contribution in [0.15, 0.2) is 35.9 Å². The molecule has 0 radical (unpaired) electrons. The number of likely N-dealkylation sites (N-methyl/N-ethyl adjacent to an activating group) is 1. The molecular formula is C45H61N2O7+. The number of benzene rings is 1. The molecule has 5 bridgehead atoms. The third-order valence-corrected chi connectivity index (χ3v) is 19.8. The number of aliphatic hydroxyl groups is 3. The molecule has 0 aromatic heterocycles. The largest absolute Gasteiger partial charge is 0.458 e. The van der Waals surface area contributed by atoms with E-state index in [4.69, 9.17) is 9.47 Å². The molecule has 18 atom stereocenters. The molecule has 9 heteroatoms. The van der Waals surface area contributed by atoms with Crippen LogP contribution in [0.25, 0.3) is 0 Å². The minimum Gasteiger partial charge on any atom is -0.458 e. The van der Waals surface area contributed by atoms with Gasteiger partial charge in [-0.3, -0.25) is 4.48 Å². The summed E-state index contributed by atoms with van der Waals surface area (Å²) in [5, 5.41) is 37.5. The smallest absolute Gasteiger partial charge is 0.362 e. The fourth-order valence-corrected chi connectivity index (χ4v) is 17.6. The highest BCUT2D eigenvalue weighted by Gasteiger charge is 2.83. The number of cyclic esters (lactones) is 1. The van der Waals surface area contributed by atoms with Gasteiger partial charge in [-0.15, -0.1) is 0 Å². The van der Waals surface area contributed by atoms with Crippen LogP contribution in [0.3, 0.4) is 0 Å². The molecule has 292 valence electrons. The molecule has 1 aromatic carbocycles. The number of esters is 2. The van der Waals surface area contributed by atoms with Gasteiger partial charge in [0, 0.05) is 48.9 Å². The molecule has 4 saturated heterocycles. The quantitative estimate of drug-likeness (QED) is 0.278. The van der Waals surface area contributed by atoms with Gasteiger partial charge in [-0.1, -0.05) is 39.0 Å². The third-order valence-electron chi connectivity index (χ3n) is 19.8. The van der Waals surface area contributed by atoms with Crippen molar-refractivity contribution in [2.24, 2.45) is 52.3 Å². The zero-order valence-corrected chi connectivity index (χ0v) is 32.7. The summed E-state index contributed by atoms with van der Waals surface area (Å²) in [6.07, 6.45) is 11.5. The molecule has 9 nitrogen and oxygen atoms in total. The van der Waals surface area contributed by atoms with Crippen molar-refractivity contribution in [2.45, 2.75) is 145 Å². The predicted octanol–water partition coefficient (Wildman–Crippen LogP) is 5.24. The molecule has 5 saturated carbocycles. The van der Waals surface area contributed by atoms with E-state index in [1.807, 2.05) is 0 Å². The number of quaternary nitrogens is 1. The zero-order chi connectivity index (χ0) is 37.3. The van der Waals surface area contributed by atoms with E-state index >= 15 is 0 Å². The van der Waals surface area contributed by atoms with Crippen molar-refractivity contribution in [3.8, 4) is 0 Å². The Morgan fingerprint density at radius 1 is 1.02 bits per heavy atom. The zero-order valence-electron chi connectivity index (χ0n) is 32.7. The number of carbonyl (C=O) groups excluding carboxylic acids is 2. The van der Waals surface area contributed by atoms with E-state index in [0.717, 1.165) is 82.6 Å². The summed E-state index contributed by atoms with van der Waals surface area (Å²) in [6.45, 7) is 7.48. The minimum atomic E-state index is -0.739. The summed E-state index contributed by atoms with van der Waals surface area (Å²) in [7, 11) is 2.17. The van der Waals surface area contributed by atoms with Crippen LogP contribution >= 0.6 is 0 Å². The summed E-state index contributed by atoms with van der Waals surface area (Å²) in [6, 6.07) is 8.74. The lowest BCUT2D eigenvalue weighted by molar-refractivity contribution is -1.03. The van der Waals surface area contributed by atoms with E-state index in [2.05, 4.69) is 57.0 Å². The molecule has 6 aliphatic heterocycles. The van der Waals surface area contributed by atoms with Crippen molar-refractivity contribution in [2.75, 3.05) is 25.1 Å². The Morgan fingerprint density at radius 2 is 1.83 bits per heavy atom. The highest BCUT2D eigenvalue weighted by molar-refractivity contribution is 5.85. The Labute approximate surface area is 320 Å². The van der Waals surface area contributed by atoms with Crippen molar-refractivity contribution in [1.29, 1.82) is 0 Å². The monoisotopic (exact) mass is 741 g/mol. The van der Waals surface area contributed by atoms with Crippen LogP contribution in [-0.4, -0.2) is 94.1 Å². The summed E-state index contributed by atoms with van der Waals surface area (Å²) in [4.78, 5) is 28.8. The van der Waals surface area contributed by atoms with Crippen LogP contribution in [0.5, 0.6) is 0 Å². The second-order valence-electron chi connectivity index (χ2n) is 20.7. The fraction of sp³-hybridized carbons (Fsp3) is 0.778. The van der Waals surface area contributed by atoms with Gasteiger partial charge in [-0.05, 0) is 116 Å². The first-order chi connectivity index (χ1) is 25.8. The number of para-hydroxylation sites is 1. The maximum atomic E-state index is 14.5. The van der Waals surface area contributed by atoms with Gasteiger partial charge in [0.2, 0.25) is 0 Å². The van der Waals surface area contributed by atoms with E-state index in [-0.39, 0.29) is 88.5 Å². The van der Waals surface area contributed by atoms with Crippen molar-refractivity contribution < 1.29 is 38.9 Å². The molecule has 0 amide bonds. The molecule has 9 fully saturated rings. The second-order valence-corrected chi connectivity index (χ2v) is 20.7. The predicted molar refractivity (Wildman–Crippen MR) is 201 cm³/mol. The van der Waals surface area contributed by atoms with Gasteiger partial charge in [-0.25, -0.2) is 9.59 Å². The topological polar surface area (TPSA) is 117 Å². The Balaban J connectivity index is 0.829. The number of rotatable bonds is 5. The van der Waals surface area contributed by atoms with E-state index in [1.165, 1.54) is 11.3 Å². The average Bonchev–Trinajstić information content (AvgIpc) is 3.83. The first-order valence-electron chi connectivity index (χ1n) is 21.7. The number of piperidine rings is 4. The molecule has 54 heavy (non-hydrogen) atoms. The average molecular weight is 742 g/mol. The van der Waals surface area contributed by atoms with Crippen LogP contribution in [0.1, 0.15) is 103 Å². The lowest BCUT2D eigenvalue weighted by Gasteiger charge is -2.67. The Morgan fingerprint density at radius 3 is 2.61 bits per heavy atom. The first-order valence-corrected chi connectivity index (χ1v) is 21.7. The van der Waals surface area contributed by atoms with Crippen LogP contribution in [0.2, 0.25) is 0 Å². The Bertz CT molecular complexity index is 1830. The van der Waals surface area contributed by atoms with E-state index in [1.54, 1.807) is 6.08 Å². The van der Waals surface area contributed by atoms with Gasteiger partial charge in [0.05, 0.1) is 29.2 Å². The van der Waals surface area contributed by atoms with Gasteiger partial charge in [0.15, 0.2) is 12.8 Å². The maximum absolute atomic E-state index is 14.5. The number of hydrogen-bond acceptors (Lipinski definition) is 8. The van der Waals surface area contributed by atoms with Crippen LogP contribution in [0, 0.1) is 52.3 Å². The van der Waals surface area contributed by atoms with Gasteiger partial charge in [0.1, 0.15) is 18.8 Å². The molecular weight excluding hydrogens is 681 g/mol. The standard InChI is InChI=1S/C45H61N2O7/c1-5-27-28-20-34-39-44(32-8-6-7-9-33(32)46(39)4)21-35(38(28)40(44)50)47(34,41(27)51)22-37(49)54-26-12-15-42(2)25(19-26)10-11-31-30(42)13-16-43(3)29(14-17-45(31,43)52)24-18-36(48)53-23-24/h6-9,18,25-31,34-35,38-41,50-52H,5,10-17,19-23H2,1-4H3/q+1/t25-,26-,27-,28-,29+,30-,31+,34-,35-,38-,39-,40-,41+,42-,43+,44-,45-,47+/m0/s1. The van der Waals surface area contributed by atoms with Crippen LogP contribution in [-0.2, 0) is 24.5 Å². The molecule has 5 aliphatic carbocycles. The normalized spacial score (nSPS) is 54.4. The summed E-state index contributed by atoms with van der Waals surface area (Å²) in [5.74, 6) is 1.32. The van der Waals surface area contributed by atoms with Crippen LogP contribution in [0.4, 0.5) is 5.69 Å². The number of aliphatic hydroxyl groups excluding tert-OH is 2. The fourth-order valence-electron chi connectivity index (χ4n) is 17.6. The highest BCUT2D eigenvalue weighted by Crippen LogP contribution is 2.73. The molecule has 12 rings (SSSR count). The van der Waals surface area contributed by atoms with Crippen molar-refractivity contribution >= 4 is 17.6 Å². The number of nitrogens with zero attached hydrogens (tertiary/aromatic N) is 2. The van der Waals surface area contributed by atoms with E-state index < -0.39 is 17.9 Å². The number of carbonyl (C=O) groups is 2. The van der Waals surface area contributed by atoms with E-state index in [0.29, 0.717) is 22.9 Å². The minimum absolute atomic E-state index is 0.0370. The Kier molecular flexibility index (Phi) is 7.17. The van der Waals surface area contributed by atoms with Crippen molar-refractivity contribution in [1.82, 2.24) is 0 Å². The van der Waals surface area contributed by atoms with Crippen LogP contribution < -0.4 is 4.90 Å². The summed E-state index contributed by atoms with van der Waals surface area (Å²) >= 11 is 0. The number of ether oxygens (including phenoxy) is 2.